The number of hydrogen-bond acceptors (Lipinski definition) is 3. The van der Waals surface area contributed by atoms with E-state index in [1.165, 1.54) is 16.9 Å². The van der Waals surface area contributed by atoms with Crippen molar-refractivity contribution in [1.82, 2.24) is 0 Å². The lowest BCUT2D eigenvalue weighted by molar-refractivity contribution is 0.0991. The molecule has 0 atom stereocenters. The molecule has 0 fully saturated rings. The van der Waals surface area contributed by atoms with Gasteiger partial charge in [-0.1, -0.05) is 6.07 Å². The predicted octanol–water partition coefficient (Wildman–Crippen LogP) is 4.23. The number of amides is 1. The van der Waals surface area contributed by atoms with Gasteiger partial charge in [-0.3, -0.25) is 4.79 Å². The van der Waals surface area contributed by atoms with Gasteiger partial charge in [-0.2, -0.15) is 5.26 Å². The maximum absolute atomic E-state index is 12.8. The molecule has 2 rings (SSSR count). The molecule has 0 spiro atoms. The third-order valence-electron chi connectivity index (χ3n) is 3.55. The highest BCUT2D eigenvalue weighted by atomic mass is 32.1. The van der Waals surface area contributed by atoms with E-state index in [2.05, 4.69) is 6.07 Å². The maximum atomic E-state index is 12.8. The number of hydrogen-bond donors (Lipinski definition) is 0. The Morgan fingerprint density at radius 1 is 1.19 bits per heavy atom. The molecule has 0 bridgehead atoms. The van der Waals surface area contributed by atoms with E-state index in [4.69, 9.17) is 5.26 Å². The first-order valence-corrected chi connectivity index (χ1v) is 7.72. The summed E-state index contributed by atoms with van der Waals surface area (Å²) < 4.78 is 0. The van der Waals surface area contributed by atoms with Crippen LogP contribution in [-0.2, 0) is 0 Å². The number of aryl methyl sites for hydroxylation is 3. The summed E-state index contributed by atoms with van der Waals surface area (Å²) in [5.74, 6) is -0.0268. The molecule has 4 heteroatoms. The van der Waals surface area contributed by atoms with Crippen LogP contribution in [-0.4, -0.2) is 12.5 Å². The lowest BCUT2D eigenvalue weighted by atomic mass is 10.1. The maximum Gasteiger partial charge on any atom is 0.268 e. The smallest absolute Gasteiger partial charge is 0.268 e. The van der Waals surface area contributed by atoms with Gasteiger partial charge in [0.25, 0.3) is 5.91 Å². The zero-order valence-corrected chi connectivity index (χ0v) is 13.3. The van der Waals surface area contributed by atoms with Crippen LogP contribution < -0.4 is 4.90 Å². The lowest BCUT2D eigenvalue weighted by Gasteiger charge is -2.22. The molecule has 1 aromatic carbocycles. The summed E-state index contributed by atoms with van der Waals surface area (Å²) in [7, 11) is 0. The fourth-order valence-corrected chi connectivity index (χ4v) is 2.99. The molecule has 0 radical (unpaired) electrons. The summed E-state index contributed by atoms with van der Waals surface area (Å²) in [5.41, 5.74) is 4.17. The van der Waals surface area contributed by atoms with Gasteiger partial charge >= 0.3 is 0 Å². The minimum atomic E-state index is -0.0268. The van der Waals surface area contributed by atoms with Crippen molar-refractivity contribution >= 4 is 22.9 Å². The van der Waals surface area contributed by atoms with Gasteiger partial charge in [0.05, 0.1) is 17.4 Å². The number of benzene rings is 1. The van der Waals surface area contributed by atoms with Crippen molar-refractivity contribution in [3.05, 3.63) is 51.2 Å². The van der Waals surface area contributed by atoms with E-state index in [0.29, 0.717) is 13.0 Å². The first-order valence-electron chi connectivity index (χ1n) is 6.84. The van der Waals surface area contributed by atoms with Gasteiger partial charge in [0.1, 0.15) is 0 Å². The molecule has 0 saturated heterocycles. The average Bonchev–Trinajstić information content (AvgIpc) is 2.89. The van der Waals surface area contributed by atoms with E-state index in [9.17, 15) is 4.79 Å². The SMILES string of the molecule is Cc1ccc(N(CCC#N)C(=O)c2sccc2C)cc1C. The first kappa shape index (κ1) is 15.3. The third-order valence-corrected chi connectivity index (χ3v) is 4.56. The molecular weight excluding hydrogens is 280 g/mol. The van der Waals surface area contributed by atoms with Crippen LogP contribution in [0.1, 0.15) is 32.8 Å². The predicted molar refractivity (Wildman–Crippen MR) is 86.9 cm³/mol. The van der Waals surface area contributed by atoms with Crippen molar-refractivity contribution in [2.75, 3.05) is 11.4 Å². The van der Waals surface area contributed by atoms with E-state index in [1.54, 1.807) is 4.90 Å². The molecule has 0 aliphatic carbocycles. The van der Waals surface area contributed by atoms with Crippen molar-refractivity contribution in [3.63, 3.8) is 0 Å². The summed E-state index contributed by atoms with van der Waals surface area (Å²) in [6.45, 7) is 6.42. The molecule has 21 heavy (non-hydrogen) atoms. The zero-order valence-electron chi connectivity index (χ0n) is 12.5. The van der Waals surface area contributed by atoms with Gasteiger partial charge in [0.2, 0.25) is 0 Å². The zero-order chi connectivity index (χ0) is 15.4. The molecule has 0 aliphatic rings. The highest BCUT2D eigenvalue weighted by Gasteiger charge is 2.20. The standard InChI is InChI=1S/C17H18N2OS/c1-12-5-6-15(11-14(12)3)19(9-4-8-18)17(20)16-13(2)7-10-21-16/h5-7,10-11H,4,9H2,1-3H3. The Morgan fingerprint density at radius 2 is 1.95 bits per heavy atom. The Hall–Kier alpha value is -2.12. The monoisotopic (exact) mass is 298 g/mol. The Bertz CT molecular complexity index is 697. The summed E-state index contributed by atoms with van der Waals surface area (Å²) in [6.07, 6.45) is 0.323. The Balaban J connectivity index is 2.38. The van der Waals surface area contributed by atoms with Gasteiger partial charge in [-0.05, 0) is 61.0 Å². The fourth-order valence-electron chi connectivity index (χ4n) is 2.12. The van der Waals surface area contributed by atoms with Crippen LogP contribution in [0.5, 0.6) is 0 Å². The molecular formula is C17H18N2OS. The summed E-state index contributed by atoms with van der Waals surface area (Å²) >= 11 is 1.45. The van der Waals surface area contributed by atoms with Gasteiger partial charge in [0, 0.05) is 12.2 Å². The normalized spacial score (nSPS) is 10.2. The Kier molecular flexibility index (Phi) is 4.77. The van der Waals surface area contributed by atoms with Crippen LogP contribution in [0, 0.1) is 32.1 Å². The van der Waals surface area contributed by atoms with Crippen LogP contribution in [0.3, 0.4) is 0 Å². The molecule has 0 unspecified atom stereocenters. The van der Waals surface area contributed by atoms with Crippen LogP contribution in [0.2, 0.25) is 0 Å². The van der Waals surface area contributed by atoms with E-state index in [-0.39, 0.29) is 5.91 Å². The minimum Gasteiger partial charge on any atom is -0.307 e. The molecule has 0 N–H and O–H groups in total. The molecule has 1 aromatic heterocycles. The second kappa shape index (κ2) is 6.55. The number of nitrogens with zero attached hydrogens (tertiary/aromatic N) is 2. The highest BCUT2D eigenvalue weighted by Crippen LogP contribution is 2.24. The van der Waals surface area contributed by atoms with E-state index < -0.39 is 0 Å². The van der Waals surface area contributed by atoms with E-state index >= 15 is 0 Å². The number of nitriles is 1. The molecule has 0 aliphatic heterocycles. The number of rotatable bonds is 4. The van der Waals surface area contributed by atoms with Crippen molar-refractivity contribution in [3.8, 4) is 6.07 Å². The number of carbonyl (C=O) groups excluding carboxylic acids is 1. The van der Waals surface area contributed by atoms with Crippen molar-refractivity contribution in [1.29, 1.82) is 5.26 Å². The van der Waals surface area contributed by atoms with Crippen LogP contribution in [0.15, 0.2) is 29.6 Å². The second-order valence-corrected chi connectivity index (χ2v) is 5.98. The Labute approximate surface area is 129 Å². The quantitative estimate of drug-likeness (QED) is 0.847. The van der Waals surface area contributed by atoms with Crippen molar-refractivity contribution in [2.24, 2.45) is 0 Å². The molecule has 2 aromatic rings. The van der Waals surface area contributed by atoms with E-state index in [1.807, 2.05) is 50.4 Å². The van der Waals surface area contributed by atoms with Gasteiger partial charge in [-0.25, -0.2) is 0 Å². The minimum absolute atomic E-state index is 0.0268. The fraction of sp³-hybridized carbons (Fsp3) is 0.294. The molecule has 1 amide bonds. The largest absolute Gasteiger partial charge is 0.307 e. The molecule has 1 heterocycles. The third kappa shape index (κ3) is 3.32. The van der Waals surface area contributed by atoms with Crippen molar-refractivity contribution in [2.45, 2.75) is 27.2 Å². The number of thiophene rings is 1. The van der Waals surface area contributed by atoms with Crippen LogP contribution in [0.25, 0.3) is 0 Å². The topological polar surface area (TPSA) is 44.1 Å². The van der Waals surface area contributed by atoms with E-state index in [0.717, 1.165) is 21.7 Å². The molecule has 0 saturated carbocycles. The first-order chi connectivity index (χ1) is 10.0. The lowest BCUT2D eigenvalue weighted by Crippen LogP contribution is -2.31. The van der Waals surface area contributed by atoms with Crippen LogP contribution >= 0.6 is 11.3 Å². The Morgan fingerprint density at radius 3 is 2.52 bits per heavy atom. The second-order valence-electron chi connectivity index (χ2n) is 5.07. The molecule has 108 valence electrons. The van der Waals surface area contributed by atoms with Gasteiger partial charge in [0.15, 0.2) is 0 Å². The van der Waals surface area contributed by atoms with Crippen molar-refractivity contribution < 1.29 is 4.79 Å². The van der Waals surface area contributed by atoms with Gasteiger partial charge in [-0.15, -0.1) is 11.3 Å². The summed E-state index contributed by atoms with van der Waals surface area (Å²) in [6, 6.07) is 10.0. The summed E-state index contributed by atoms with van der Waals surface area (Å²) in [5, 5.41) is 10.8. The molecule has 3 nitrogen and oxygen atoms in total. The summed E-state index contributed by atoms with van der Waals surface area (Å²) in [4.78, 5) is 15.2. The van der Waals surface area contributed by atoms with Crippen LogP contribution in [0.4, 0.5) is 5.69 Å². The average molecular weight is 298 g/mol. The number of anilines is 1. The number of carbonyl (C=O) groups is 1. The highest BCUT2D eigenvalue weighted by molar-refractivity contribution is 7.12. The van der Waals surface area contributed by atoms with Gasteiger partial charge < -0.3 is 4.90 Å².